The molecule has 1 aromatic rings. The summed E-state index contributed by atoms with van der Waals surface area (Å²) in [5.74, 6) is 2.00. The molecule has 0 aliphatic carbocycles. The molecule has 1 aliphatic rings. The van der Waals surface area contributed by atoms with E-state index in [0.29, 0.717) is 0 Å². The van der Waals surface area contributed by atoms with E-state index in [1.807, 2.05) is 37.3 Å². The Balaban J connectivity index is 1.97. The number of nitrogens with zero attached hydrogens (tertiary/aromatic N) is 1. The molecule has 1 aromatic carbocycles. The summed E-state index contributed by atoms with van der Waals surface area (Å²) in [4.78, 5) is 14.8. The van der Waals surface area contributed by atoms with Crippen LogP contribution in [0, 0.1) is 5.41 Å². The number of carbonyl (C=O) groups is 1. The summed E-state index contributed by atoms with van der Waals surface area (Å²) in [6.07, 6.45) is 8.73. The Bertz CT molecular complexity index is 681. The molecule has 0 spiro atoms. The van der Waals surface area contributed by atoms with Crippen LogP contribution in [-0.2, 0) is 11.3 Å². The van der Waals surface area contributed by atoms with E-state index in [-0.39, 0.29) is 11.3 Å². The molecular weight excluding hydrogens is 336 g/mol. The molecule has 0 bridgehead atoms. The van der Waals surface area contributed by atoms with E-state index in [1.54, 1.807) is 0 Å². The van der Waals surface area contributed by atoms with Crippen molar-refractivity contribution >= 4 is 5.91 Å². The zero-order valence-corrected chi connectivity index (χ0v) is 17.3. The van der Waals surface area contributed by atoms with Crippen LogP contribution < -0.4 is 10.1 Å². The quantitative estimate of drug-likeness (QED) is 0.507. The van der Waals surface area contributed by atoms with Gasteiger partial charge in [0.25, 0.3) is 0 Å². The van der Waals surface area contributed by atoms with Gasteiger partial charge in [0, 0.05) is 26.1 Å². The molecule has 0 saturated carbocycles. The van der Waals surface area contributed by atoms with Crippen molar-refractivity contribution in [3.8, 4) is 5.75 Å². The Morgan fingerprint density at radius 1 is 1.37 bits per heavy atom. The maximum Gasteiger partial charge on any atom is 0.227 e. The van der Waals surface area contributed by atoms with Gasteiger partial charge in [0.15, 0.2) is 0 Å². The van der Waals surface area contributed by atoms with E-state index in [1.165, 1.54) is 5.56 Å². The number of nitrogens with one attached hydrogen (secondary N) is 1. The normalized spacial score (nSPS) is 21.0. The SMILES string of the molecule is CC=CC=C(CC)Oc1cccc(CN2CCC(C)(C(=O)NCCC)C2)c1. The highest BCUT2D eigenvalue weighted by molar-refractivity contribution is 5.82. The molecule has 2 rings (SSSR count). The number of rotatable bonds is 9. The van der Waals surface area contributed by atoms with Crippen molar-refractivity contribution in [3.05, 3.63) is 53.8 Å². The summed E-state index contributed by atoms with van der Waals surface area (Å²) in [5.41, 5.74) is 0.931. The van der Waals surface area contributed by atoms with Crippen LogP contribution in [0.15, 0.2) is 48.3 Å². The van der Waals surface area contributed by atoms with Gasteiger partial charge in [-0.25, -0.2) is 0 Å². The van der Waals surface area contributed by atoms with Crippen LogP contribution in [0.4, 0.5) is 0 Å². The highest BCUT2D eigenvalue weighted by Gasteiger charge is 2.39. The lowest BCUT2D eigenvalue weighted by Crippen LogP contribution is -2.41. The van der Waals surface area contributed by atoms with Crippen molar-refractivity contribution in [3.63, 3.8) is 0 Å². The minimum atomic E-state index is -0.284. The van der Waals surface area contributed by atoms with Gasteiger partial charge in [-0.15, -0.1) is 0 Å². The van der Waals surface area contributed by atoms with Crippen molar-refractivity contribution in [2.45, 2.75) is 53.5 Å². The second kappa shape index (κ2) is 10.3. The molecule has 148 valence electrons. The summed E-state index contributed by atoms with van der Waals surface area (Å²) in [6, 6.07) is 8.26. The fourth-order valence-corrected chi connectivity index (χ4v) is 3.37. The van der Waals surface area contributed by atoms with Gasteiger partial charge in [-0.3, -0.25) is 9.69 Å². The van der Waals surface area contributed by atoms with Crippen LogP contribution in [0.3, 0.4) is 0 Å². The maximum absolute atomic E-state index is 12.4. The van der Waals surface area contributed by atoms with Gasteiger partial charge in [-0.2, -0.15) is 0 Å². The van der Waals surface area contributed by atoms with Crippen LogP contribution in [-0.4, -0.2) is 30.4 Å². The molecule has 4 heteroatoms. The molecule has 0 radical (unpaired) electrons. The third kappa shape index (κ3) is 6.24. The van der Waals surface area contributed by atoms with Gasteiger partial charge in [0.2, 0.25) is 5.91 Å². The number of allylic oxidation sites excluding steroid dienone is 4. The Morgan fingerprint density at radius 3 is 2.89 bits per heavy atom. The summed E-state index contributed by atoms with van der Waals surface area (Å²) in [5, 5.41) is 3.06. The predicted octanol–water partition coefficient (Wildman–Crippen LogP) is 4.67. The second-order valence-corrected chi connectivity index (χ2v) is 7.54. The average molecular weight is 371 g/mol. The summed E-state index contributed by atoms with van der Waals surface area (Å²) >= 11 is 0. The largest absolute Gasteiger partial charge is 0.462 e. The highest BCUT2D eigenvalue weighted by atomic mass is 16.5. The van der Waals surface area contributed by atoms with Gasteiger partial charge in [0.05, 0.1) is 5.41 Å². The lowest BCUT2D eigenvalue weighted by molar-refractivity contribution is -0.129. The lowest BCUT2D eigenvalue weighted by atomic mass is 9.88. The third-order valence-corrected chi connectivity index (χ3v) is 5.01. The monoisotopic (exact) mass is 370 g/mol. The molecule has 1 unspecified atom stereocenters. The van der Waals surface area contributed by atoms with Crippen LogP contribution in [0.1, 0.15) is 52.5 Å². The zero-order valence-electron chi connectivity index (χ0n) is 17.3. The number of hydrogen-bond acceptors (Lipinski definition) is 3. The van der Waals surface area contributed by atoms with E-state index in [9.17, 15) is 4.79 Å². The molecule has 1 fully saturated rings. The molecule has 1 atom stereocenters. The number of benzene rings is 1. The first-order valence-electron chi connectivity index (χ1n) is 10.1. The summed E-state index contributed by atoms with van der Waals surface area (Å²) in [7, 11) is 0. The zero-order chi connectivity index (χ0) is 19.7. The van der Waals surface area contributed by atoms with Gasteiger partial charge in [-0.05, 0) is 57.0 Å². The van der Waals surface area contributed by atoms with E-state index >= 15 is 0 Å². The first kappa shape index (κ1) is 21.2. The lowest BCUT2D eigenvalue weighted by Gasteiger charge is -2.24. The van der Waals surface area contributed by atoms with Gasteiger partial charge in [0.1, 0.15) is 11.5 Å². The number of carbonyl (C=O) groups excluding carboxylic acids is 1. The Kier molecular flexibility index (Phi) is 8.11. The predicted molar refractivity (Wildman–Crippen MR) is 112 cm³/mol. The highest BCUT2D eigenvalue weighted by Crippen LogP contribution is 2.31. The van der Waals surface area contributed by atoms with E-state index in [4.69, 9.17) is 4.74 Å². The first-order chi connectivity index (χ1) is 13.0. The molecule has 0 aromatic heterocycles. The number of amides is 1. The van der Waals surface area contributed by atoms with Crippen molar-refractivity contribution < 1.29 is 9.53 Å². The van der Waals surface area contributed by atoms with Crippen LogP contribution in [0.5, 0.6) is 5.75 Å². The molecule has 1 saturated heterocycles. The molecule has 1 heterocycles. The summed E-state index contributed by atoms with van der Waals surface area (Å²) in [6.45, 7) is 11.6. The third-order valence-electron chi connectivity index (χ3n) is 5.01. The minimum Gasteiger partial charge on any atom is -0.462 e. The molecule has 1 aliphatic heterocycles. The van der Waals surface area contributed by atoms with E-state index < -0.39 is 0 Å². The molecule has 1 amide bonds. The fourth-order valence-electron chi connectivity index (χ4n) is 3.37. The second-order valence-electron chi connectivity index (χ2n) is 7.54. The van der Waals surface area contributed by atoms with Gasteiger partial charge >= 0.3 is 0 Å². The Morgan fingerprint density at radius 2 is 2.19 bits per heavy atom. The average Bonchev–Trinajstić information content (AvgIpc) is 3.05. The van der Waals surface area contributed by atoms with Crippen molar-refractivity contribution in [2.75, 3.05) is 19.6 Å². The van der Waals surface area contributed by atoms with Crippen LogP contribution in [0.2, 0.25) is 0 Å². The van der Waals surface area contributed by atoms with Crippen molar-refractivity contribution in [1.29, 1.82) is 0 Å². The first-order valence-corrected chi connectivity index (χ1v) is 10.1. The van der Waals surface area contributed by atoms with Crippen molar-refractivity contribution in [2.24, 2.45) is 5.41 Å². The number of likely N-dealkylation sites (tertiary alicyclic amines) is 1. The molecule has 27 heavy (non-hydrogen) atoms. The number of ether oxygens (including phenoxy) is 1. The maximum atomic E-state index is 12.4. The fraction of sp³-hybridized carbons (Fsp3) is 0.522. The summed E-state index contributed by atoms with van der Waals surface area (Å²) < 4.78 is 6.02. The number of hydrogen-bond donors (Lipinski definition) is 1. The standard InChI is InChI=1S/C23H34N2O2/c1-5-8-11-20(7-3)27-21-12-9-10-19(16-21)17-25-15-13-23(4,18-25)22(26)24-14-6-2/h5,8-12,16H,6-7,13-15,17-18H2,1-4H3,(H,24,26). The van der Waals surface area contributed by atoms with Gasteiger partial charge < -0.3 is 10.1 Å². The topological polar surface area (TPSA) is 41.6 Å². The van der Waals surface area contributed by atoms with E-state index in [2.05, 4.69) is 43.1 Å². The van der Waals surface area contributed by atoms with Crippen LogP contribution in [0.25, 0.3) is 0 Å². The molecule has 4 nitrogen and oxygen atoms in total. The molecular formula is C23H34N2O2. The Labute approximate surface area is 164 Å². The minimum absolute atomic E-state index is 0.186. The smallest absolute Gasteiger partial charge is 0.227 e. The van der Waals surface area contributed by atoms with E-state index in [0.717, 1.165) is 57.0 Å². The van der Waals surface area contributed by atoms with Gasteiger partial charge in [-0.1, -0.05) is 38.1 Å². The Hall–Kier alpha value is -2.07. The van der Waals surface area contributed by atoms with Crippen molar-refractivity contribution in [1.82, 2.24) is 10.2 Å². The van der Waals surface area contributed by atoms with Crippen LogP contribution >= 0.6 is 0 Å². The molecule has 1 N–H and O–H groups in total.